The van der Waals surface area contributed by atoms with Crippen LogP contribution in [0.3, 0.4) is 0 Å². The van der Waals surface area contributed by atoms with Crippen LogP contribution >= 0.6 is 11.3 Å². The third-order valence-electron chi connectivity index (χ3n) is 6.86. The largest absolute Gasteiger partial charge is 0.379 e. The van der Waals surface area contributed by atoms with Gasteiger partial charge in [-0.3, -0.25) is 19.1 Å². The number of morpholine rings is 1. The first-order valence-electron chi connectivity index (χ1n) is 12.9. The summed E-state index contributed by atoms with van der Waals surface area (Å²) in [5, 5.41) is 2.88. The molecule has 15 heteroatoms. The molecular weight excluding hydrogens is 544 g/mol. The van der Waals surface area contributed by atoms with Crippen LogP contribution in [0.25, 0.3) is 10.2 Å². The third kappa shape index (κ3) is 6.11. The van der Waals surface area contributed by atoms with Crippen molar-refractivity contribution in [3.8, 4) is 0 Å². The van der Waals surface area contributed by atoms with Crippen LogP contribution in [0.2, 0.25) is 0 Å². The van der Waals surface area contributed by atoms with Crippen molar-refractivity contribution in [3.05, 3.63) is 40.0 Å². The zero-order valence-corrected chi connectivity index (χ0v) is 23.4. The van der Waals surface area contributed by atoms with Crippen molar-refractivity contribution in [3.63, 3.8) is 0 Å². The number of carbonyl (C=O) groups is 1. The molecule has 3 aromatic rings. The standard InChI is InChI=1S/C24H32N8O5S2/c1-18-21(39(35,36)32-10-8-30(9-11-32)24-26-4-2-5-27-24)20-22(38-18)28-17-31(23(20)34)16-19(33)25-6-3-7-29-12-14-37-15-13-29/h2,4-5,17H,3,6-16H2,1H3,(H,25,33). The van der Waals surface area contributed by atoms with Gasteiger partial charge in [-0.1, -0.05) is 0 Å². The molecule has 0 aliphatic carbocycles. The number of fused-ring (bicyclic) bond motifs is 1. The molecule has 2 aliphatic rings. The molecule has 0 spiro atoms. The van der Waals surface area contributed by atoms with Gasteiger partial charge in [0, 0.05) is 63.1 Å². The van der Waals surface area contributed by atoms with Crippen LogP contribution < -0.4 is 15.8 Å². The van der Waals surface area contributed by atoms with Gasteiger partial charge in [0.05, 0.1) is 24.9 Å². The number of amides is 1. The molecule has 39 heavy (non-hydrogen) atoms. The summed E-state index contributed by atoms with van der Waals surface area (Å²) in [6, 6.07) is 1.73. The van der Waals surface area contributed by atoms with Crippen LogP contribution in [-0.4, -0.2) is 109 Å². The monoisotopic (exact) mass is 576 g/mol. The van der Waals surface area contributed by atoms with Gasteiger partial charge in [-0.2, -0.15) is 4.31 Å². The molecule has 5 rings (SSSR count). The van der Waals surface area contributed by atoms with Gasteiger partial charge in [-0.15, -0.1) is 11.3 Å². The highest BCUT2D eigenvalue weighted by molar-refractivity contribution is 7.89. The number of aromatic nitrogens is 4. The molecule has 2 aliphatic heterocycles. The fourth-order valence-electron chi connectivity index (χ4n) is 4.81. The van der Waals surface area contributed by atoms with Gasteiger partial charge >= 0.3 is 0 Å². The second kappa shape index (κ2) is 12.0. The molecule has 13 nitrogen and oxygen atoms in total. The lowest BCUT2D eigenvalue weighted by atomic mass is 10.3. The summed E-state index contributed by atoms with van der Waals surface area (Å²) in [6.45, 7) is 7.34. The van der Waals surface area contributed by atoms with E-state index in [-0.39, 0.29) is 35.8 Å². The van der Waals surface area contributed by atoms with Crippen molar-refractivity contribution in [2.75, 3.05) is 70.5 Å². The number of aryl methyl sites for hydroxylation is 1. The Morgan fingerprint density at radius 2 is 1.79 bits per heavy atom. The molecule has 2 fully saturated rings. The molecule has 1 N–H and O–H groups in total. The Morgan fingerprint density at radius 1 is 1.08 bits per heavy atom. The lowest BCUT2D eigenvalue weighted by molar-refractivity contribution is -0.121. The van der Waals surface area contributed by atoms with E-state index in [1.54, 1.807) is 25.4 Å². The smallest absolute Gasteiger partial charge is 0.263 e. The maximum absolute atomic E-state index is 13.7. The van der Waals surface area contributed by atoms with Gasteiger partial charge in [0.15, 0.2) is 0 Å². The Balaban J connectivity index is 1.27. The van der Waals surface area contributed by atoms with E-state index in [4.69, 9.17) is 4.74 Å². The van der Waals surface area contributed by atoms with Crippen LogP contribution in [0.1, 0.15) is 11.3 Å². The molecule has 5 heterocycles. The summed E-state index contributed by atoms with van der Waals surface area (Å²) < 4.78 is 35.4. The first-order chi connectivity index (χ1) is 18.8. The average Bonchev–Trinajstić information content (AvgIpc) is 3.31. The van der Waals surface area contributed by atoms with Crippen molar-refractivity contribution in [2.24, 2.45) is 0 Å². The number of sulfonamides is 1. The number of rotatable bonds is 9. The SMILES string of the molecule is Cc1sc2ncn(CC(=O)NCCCN3CCOCC3)c(=O)c2c1S(=O)(=O)N1CCN(c2ncccn2)CC1. The normalized spacial score (nSPS) is 17.5. The number of carbonyl (C=O) groups excluding carboxylic acids is 1. The number of ether oxygens (including phenoxy) is 1. The van der Waals surface area contributed by atoms with Crippen LogP contribution in [-0.2, 0) is 26.1 Å². The van der Waals surface area contributed by atoms with Gasteiger partial charge in [-0.05, 0) is 26.0 Å². The number of hydrogen-bond acceptors (Lipinski definition) is 11. The predicted octanol–water partition coefficient (Wildman–Crippen LogP) is -0.0942. The predicted molar refractivity (Wildman–Crippen MR) is 147 cm³/mol. The molecule has 0 unspecified atom stereocenters. The number of anilines is 1. The second-order valence-electron chi connectivity index (χ2n) is 9.44. The van der Waals surface area contributed by atoms with Crippen molar-refractivity contribution >= 4 is 43.4 Å². The molecule has 210 valence electrons. The first kappa shape index (κ1) is 27.6. The summed E-state index contributed by atoms with van der Waals surface area (Å²) in [7, 11) is -3.97. The lowest BCUT2D eigenvalue weighted by Gasteiger charge is -2.33. The number of nitrogens with one attached hydrogen (secondary N) is 1. The van der Waals surface area contributed by atoms with Crippen molar-refractivity contribution < 1.29 is 17.9 Å². The van der Waals surface area contributed by atoms with Crippen molar-refractivity contribution in [1.29, 1.82) is 0 Å². The zero-order valence-electron chi connectivity index (χ0n) is 21.8. The van der Waals surface area contributed by atoms with E-state index in [0.717, 1.165) is 50.6 Å². The Bertz CT molecular complexity index is 1460. The second-order valence-corrected chi connectivity index (χ2v) is 12.5. The van der Waals surface area contributed by atoms with Crippen molar-refractivity contribution in [2.45, 2.75) is 24.8 Å². The molecule has 2 saturated heterocycles. The third-order valence-corrected chi connectivity index (χ3v) is 10.1. The number of hydrogen-bond donors (Lipinski definition) is 1. The molecule has 1 amide bonds. The first-order valence-corrected chi connectivity index (χ1v) is 15.2. The molecule has 0 atom stereocenters. The molecule has 3 aromatic heterocycles. The summed E-state index contributed by atoms with van der Waals surface area (Å²) in [6.07, 6.45) is 5.39. The number of nitrogens with zero attached hydrogens (tertiary/aromatic N) is 7. The van der Waals surface area contributed by atoms with Crippen LogP contribution in [0, 0.1) is 6.92 Å². The highest BCUT2D eigenvalue weighted by Gasteiger charge is 2.34. The summed E-state index contributed by atoms with van der Waals surface area (Å²) in [5.74, 6) is 0.231. The number of piperazine rings is 1. The van der Waals surface area contributed by atoms with E-state index >= 15 is 0 Å². The van der Waals surface area contributed by atoms with E-state index in [2.05, 4.69) is 25.2 Å². The van der Waals surface area contributed by atoms with Gasteiger partial charge < -0.3 is 15.0 Å². The van der Waals surface area contributed by atoms with Gasteiger partial charge in [0.25, 0.3) is 5.56 Å². The van der Waals surface area contributed by atoms with E-state index in [0.29, 0.717) is 35.3 Å². The summed E-state index contributed by atoms with van der Waals surface area (Å²) in [4.78, 5) is 43.8. The average molecular weight is 577 g/mol. The maximum Gasteiger partial charge on any atom is 0.263 e. The molecule has 0 aromatic carbocycles. The fraction of sp³-hybridized carbons (Fsp3) is 0.542. The van der Waals surface area contributed by atoms with E-state index in [1.165, 1.54) is 15.2 Å². The maximum atomic E-state index is 13.7. The minimum Gasteiger partial charge on any atom is -0.379 e. The quantitative estimate of drug-likeness (QED) is 0.343. The summed E-state index contributed by atoms with van der Waals surface area (Å²) in [5.41, 5.74) is -0.539. The van der Waals surface area contributed by atoms with E-state index in [9.17, 15) is 18.0 Å². The minimum atomic E-state index is -3.97. The van der Waals surface area contributed by atoms with E-state index in [1.807, 2.05) is 4.90 Å². The van der Waals surface area contributed by atoms with E-state index < -0.39 is 15.6 Å². The Hall–Kier alpha value is -2.98. The summed E-state index contributed by atoms with van der Waals surface area (Å²) >= 11 is 1.16. The topological polar surface area (TPSA) is 143 Å². The molecule has 0 radical (unpaired) electrons. The Labute approximate surface area is 230 Å². The molecular formula is C24H32N8O5S2. The molecule has 0 saturated carbocycles. The lowest BCUT2D eigenvalue weighted by Crippen LogP contribution is -2.49. The van der Waals surface area contributed by atoms with Crippen molar-refractivity contribution in [1.82, 2.24) is 34.0 Å². The zero-order chi connectivity index (χ0) is 27.4. The van der Waals surface area contributed by atoms with Crippen LogP contribution in [0.15, 0.2) is 34.5 Å². The minimum absolute atomic E-state index is 0.0234. The van der Waals surface area contributed by atoms with Gasteiger partial charge in [0.2, 0.25) is 21.9 Å². The Kier molecular flexibility index (Phi) is 8.52. The highest BCUT2D eigenvalue weighted by Crippen LogP contribution is 2.33. The molecule has 0 bridgehead atoms. The van der Waals surface area contributed by atoms with Gasteiger partial charge in [0.1, 0.15) is 16.3 Å². The Morgan fingerprint density at radius 3 is 2.51 bits per heavy atom. The highest BCUT2D eigenvalue weighted by atomic mass is 32.2. The van der Waals surface area contributed by atoms with Gasteiger partial charge in [-0.25, -0.2) is 23.4 Å². The van der Waals surface area contributed by atoms with Crippen LogP contribution in [0.4, 0.5) is 5.95 Å². The van der Waals surface area contributed by atoms with Crippen LogP contribution in [0.5, 0.6) is 0 Å². The fourth-order valence-corrected chi connectivity index (χ4v) is 7.90. The number of thiophene rings is 1.